The Balaban J connectivity index is 1.76. The molecule has 0 bridgehead atoms. The van der Waals surface area contributed by atoms with Gasteiger partial charge in [-0.2, -0.15) is 5.10 Å². The molecule has 0 saturated heterocycles. The van der Waals surface area contributed by atoms with Gasteiger partial charge >= 0.3 is 0 Å². The Hall–Kier alpha value is -2.30. The first-order chi connectivity index (χ1) is 12.7. The molecule has 5 heteroatoms. The zero-order chi connectivity index (χ0) is 18.5. The fourth-order valence-corrected chi connectivity index (χ4v) is 3.99. The third kappa shape index (κ3) is 3.76. The number of carbonyl (C=O) groups excluding carboxylic acids is 1. The lowest BCUT2D eigenvalue weighted by Crippen LogP contribution is -2.26. The van der Waals surface area contributed by atoms with Crippen LogP contribution in [0, 0.1) is 12.8 Å². The molecular weight excluding hydrogens is 328 g/mol. The summed E-state index contributed by atoms with van der Waals surface area (Å²) in [4.78, 5) is 11.4. The molecular formula is C21H28N2O3. The Labute approximate surface area is 155 Å². The van der Waals surface area contributed by atoms with Crippen LogP contribution in [0.5, 0.6) is 11.5 Å². The molecule has 26 heavy (non-hydrogen) atoms. The molecule has 1 saturated carbocycles. The Bertz CT molecular complexity index is 754. The minimum absolute atomic E-state index is 0.0127. The van der Waals surface area contributed by atoms with E-state index in [2.05, 4.69) is 22.8 Å². The van der Waals surface area contributed by atoms with Crippen LogP contribution >= 0.6 is 0 Å². The van der Waals surface area contributed by atoms with Gasteiger partial charge in [-0.3, -0.25) is 9.48 Å². The quantitative estimate of drug-likeness (QED) is 0.743. The van der Waals surface area contributed by atoms with Crippen molar-refractivity contribution in [2.24, 2.45) is 5.92 Å². The van der Waals surface area contributed by atoms with Crippen LogP contribution in [0.1, 0.15) is 66.6 Å². The third-order valence-corrected chi connectivity index (χ3v) is 5.42. The van der Waals surface area contributed by atoms with Crippen molar-refractivity contribution in [2.45, 2.75) is 58.4 Å². The van der Waals surface area contributed by atoms with Crippen LogP contribution in [0.4, 0.5) is 0 Å². The smallest absolute Gasteiger partial charge is 0.157 e. The number of ether oxygens (including phenoxy) is 1. The average Bonchev–Trinajstić information content (AvgIpc) is 3.11. The highest BCUT2D eigenvalue weighted by atomic mass is 16.5. The van der Waals surface area contributed by atoms with Crippen molar-refractivity contribution in [2.75, 3.05) is 6.61 Å². The van der Waals surface area contributed by atoms with Gasteiger partial charge in [-0.05, 0) is 43.9 Å². The van der Waals surface area contributed by atoms with Crippen LogP contribution in [0.3, 0.4) is 0 Å². The summed E-state index contributed by atoms with van der Waals surface area (Å²) >= 11 is 0. The third-order valence-electron chi connectivity index (χ3n) is 5.42. The second-order valence-corrected chi connectivity index (χ2v) is 7.20. The maximum absolute atomic E-state index is 11.4. The summed E-state index contributed by atoms with van der Waals surface area (Å²) in [5, 5.41) is 14.6. The normalized spacial score (nSPS) is 20.1. The molecule has 1 aliphatic carbocycles. The average molecular weight is 356 g/mol. The molecule has 1 heterocycles. The number of rotatable bonds is 7. The molecule has 3 rings (SSSR count). The number of aromatic hydroxyl groups is 1. The first-order valence-electron chi connectivity index (χ1n) is 9.58. The Kier molecular flexibility index (Phi) is 5.96. The van der Waals surface area contributed by atoms with Crippen LogP contribution in [0.15, 0.2) is 24.4 Å². The van der Waals surface area contributed by atoms with E-state index in [0.717, 1.165) is 25.8 Å². The number of phenols is 1. The van der Waals surface area contributed by atoms with E-state index in [4.69, 9.17) is 4.74 Å². The van der Waals surface area contributed by atoms with Crippen molar-refractivity contribution < 1.29 is 14.6 Å². The largest absolute Gasteiger partial charge is 0.507 e. The van der Waals surface area contributed by atoms with Gasteiger partial charge in [-0.15, -0.1) is 0 Å². The van der Waals surface area contributed by atoms with Gasteiger partial charge in [0.25, 0.3) is 0 Å². The first kappa shape index (κ1) is 18.5. The predicted octanol–water partition coefficient (Wildman–Crippen LogP) is 4.47. The molecule has 140 valence electrons. The van der Waals surface area contributed by atoms with Gasteiger partial charge in [-0.25, -0.2) is 0 Å². The van der Waals surface area contributed by atoms with Crippen molar-refractivity contribution in [3.8, 4) is 11.5 Å². The second kappa shape index (κ2) is 8.39. The molecule has 1 fully saturated rings. The zero-order valence-electron chi connectivity index (χ0n) is 15.6. The van der Waals surface area contributed by atoms with E-state index in [-0.39, 0.29) is 11.3 Å². The molecule has 0 aliphatic heterocycles. The minimum atomic E-state index is 0.0127. The summed E-state index contributed by atoms with van der Waals surface area (Å²) in [5.41, 5.74) is 2.22. The molecule has 1 aromatic heterocycles. The van der Waals surface area contributed by atoms with Crippen LogP contribution < -0.4 is 4.74 Å². The van der Waals surface area contributed by atoms with Crippen LogP contribution in [0.2, 0.25) is 0 Å². The fourth-order valence-electron chi connectivity index (χ4n) is 3.99. The molecule has 2 unspecified atom stereocenters. The van der Waals surface area contributed by atoms with E-state index in [1.807, 2.05) is 6.20 Å². The van der Waals surface area contributed by atoms with E-state index >= 15 is 0 Å². The SMILES string of the molecule is CCCn1nccc1C1CCCCC1COc1ccc(C)c(O)c1C=O. The van der Waals surface area contributed by atoms with Gasteiger partial charge in [0.2, 0.25) is 0 Å². The predicted molar refractivity (Wildman–Crippen MR) is 101 cm³/mol. The molecule has 0 spiro atoms. The number of aldehydes is 1. The lowest BCUT2D eigenvalue weighted by atomic mass is 9.78. The number of nitrogens with zero attached hydrogens (tertiary/aromatic N) is 2. The molecule has 0 amide bonds. The van der Waals surface area contributed by atoms with Gasteiger partial charge in [-0.1, -0.05) is 25.8 Å². The van der Waals surface area contributed by atoms with Crippen molar-refractivity contribution in [1.82, 2.24) is 9.78 Å². The van der Waals surface area contributed by atoms with Crippen LogP contribution in [-0.2, 0) is 6.54 Å². The van der Waals surface area contributed by atoms with Crippen molar-refractivity contribution in [3.63, 3.8) is 0 Å². The van der Waals surface area contributed by atoms with Gasteiger partial charge in [0.15, 0.2) is 6.29 Å². The van der Waals surface area contributed by atoms with E-state index in [0.29, 0.717) is 36.0 Å². The Morgan fingerprint density at radius 2 is 2.12 bits per heavy atom. The standard InChI is InChI=1S/C21H28N2O3/c1-3-12-23-19(10-11-22-23)17-7-5-4-6-16(17)14-26-20-9-8-15(2)21(25)18(20)13-24/h8-11,13,16-17,25H,3-7,12,14H2,1-2H3. The summed E-state index contributed by atoms with van der Waals surface area (Å²) in [6, 6.07) is 5.69. The van der Waals surface area contributed by atoms with E-state index in [1.165, 1.54) is 18.5 Å². The van der Waals surface area contributed by atoms with Gasteiger partial charge in [0.1, 0.15) is 11.5 Å². The first-order valence-corrected chi connectivity index (χ1v) is 9.58. The lowest BCUT2D eigenvalue weighted by Gasteiger charge is -2.32. The number of hydrogen-bond acceptors (Lipinski definition) is 4. The minimum Gasteiger partial charge on any atom is -0.507 e. The lowest BCUT2D eigenvalue weighted by molar-refractivity contribution is 0.111. The summed E-state index contributed by atoms with van der Waals surface area (Å²) < 4.78 is 8.13. The molecule has 2 atom stereocenters. The van der Waals surface area contributed by atoms with Gasteiger partial charge in [0, 0.05) is 30.3 Å². The molecule has 1 aromatic carbocycles. The summed E-state index contributed by atoms with van der Waals surface area (Å²) in [7, 11) is 0. The molecule has 2 aromatic rings. The van der Waals surface area contributed by atoms with Gasteiger partial charge < -0.3 is 9.84 Å². The number of benzene rings is 1. The van der Waals surface area contributed by atoms with Gasteiger partial charge in [0.05, 0.1) is 12.2 Å². The number of aromatic nitrogens is 2. The van der Waals surface area contributed by atoms with E-state index in [9.17, 15) is 9.90 Å². The fraction of sp³-hybridized carbons (Fsp3) is 0.524. The van der Waals surface area contributed by atoms with E-state index < -0.39 is 0 Å². The zero-order valence-corrected chi connectivity index (χ0v) is 15.6. The highest BCUT2D eigenvalue weighted by Crippen LogP contribution is 2.39. The summed E-state index contributed by atoms with van der Waals surface area (Å²) in [6.45, 7) is 5.43. The Morgan fingerprint density at radius 3 is 2.88 bits per heavy atom. The topological polar surface area (TPSA) is 64.3 Å². The molecule has 0 radical (unpaired) electrons. The molecule has 1 aliphatic rings. The van der Waals surface area contributed by atoms with Crippen LogP contribution in [-0.4, -0.2) is 27.8 Å². The van der Waals surface area contributed by atoms with Crippen molar-refractivity contribution in [1.29, 1.82) is 0 Å². The highest BCUT2D eigenvalue weighted by Gasteiger charge is 2.29. The maximum atomic E-state index is 11.4. The number of phenolic OH excluding ortho intramolecular Hbond substituents is 1. The monoisotopic (exact) mass is 356 g/mol. The molecule has 1 N–H and O–H groups in total. The number of hydrogen-bond donors (Lipinski definition) is 1. The van der Waals surface area contributed by atoms with E-state index in [1.54, 1.807) is 19.1 Å². The summed E-state index contributed by atoms with van der Waals surface area (Å²) in [5.74, 6) is 1.30. The highest BCUT2D eigenvalue weighted by molar-refractivity contribution is 5.84. The summed E-state index contributed by atoms with van der Waals surface area (Å²) in [6.07, 6.45) is 8.30. The number of carbonyl (C=O) groups is 1. The second-order valence-electron chi connectivity index (χ2n) is 7.20. The van der Waals surface area contributed by atoms with Crippen molar-refractivity contribution >= 4 is 6.29 Å². The molecule has 5 nitrogen and oxygen atoms in total. The number of aryl methyl sites for hydroxylation is 2. The van der Waals surface area contributed by atoms with Crippen molar-refractivity contribution in [3.05, 3.63) is 41.2 Å². The Morgan fingerprint density at radius 1 is 1.31 bits per heavy atom. The van der Waals surface area contributed by atoms with Crippen LogP contribution in [0.25, 0.3) is 0 Å². The maximum Gasteiger partial charge on any atom is 0.157 e.